The van der Waals surface area contributed by atoms with Gasteiger partial charge in [-0.1, -0.05) is 19.8 Å². The number of hydrogen-bond donors (Lipinski definition) is 1. The Labute approximate surface area is 100 Å². The third-order valence-electron chi connectivity index (χ3n) is 5.53. The van der Waals surface area contributed by atoms with E-state index in [2.05, 4.69) is 12.2 Å². The van der Waals surface area contributed by atoms with Crippen LogP contribution in [0.1, 0.15) is 58.3 Å². The number of rotatable bonds is 5. The van der Waals surface area contributed by atoms with Gasteiger partial charge in [0.2, 0.25) is 0 Å². The van der Waals surface area contributed by atoms with Crippen molar-refractivity contribution in [2.75, 3.05) is 13.1 Å². The lowest BCUT2D eigenvalue weighted by atomic mass is 9.70. The summed E-state index contributed by atoms with van der Waals surface area (Å²) in [5.74, 6) is 3.36. The standard InChI is InChI=1S/C15H27N/c1-2-7-16-11-15(14-5-3-4-6-14)9-12-8-13(12)10-15/h12-14,16H,2-11H2,1H3. The minimum absolute atomic E-state index is 0.735. The molecule has 3 aliphatic carbocycles. The van der Waals surface area contributed by atoms with Crippen LogP contribution in [0.15, 0.2) is 0 Å². The van der Waals surface area contributed by atoms with Gasteiger partial charge in [0.15, 0.2) is 0 Å². The minimum atomic E-state index is 0.735. The Balaban J connectivity index is 1.63. The fraction of sp³-hybridized carbons (Fsp3) is 1.00. The van der Waals surface area contributed by atoms with Crippen LogP contribution in [0.3, 0.4) is 0 Å². The molecule has 3 saturated carbocycles. The molecule has 3 fully saturated rings. The molecule has 2 atom stereocenters. The quantitative estimate of drug-likeness (QED) is 0.700. The van der Waals surface area contributed by atoms with Gasteiger partial charge in [-0.05, 0) is 68.2 Å². The van der Waals surface area contributed by atoms with Gasteiger partial charge in [0.25, 0.3) is 0 Å². The van der Waals surface area contributed by atoms with E-state index in [1.807, 2.05) is 0 Å². The van der Waals surface area contributed by atoms with E-state index in [1.54, 1.807) is 19.3 Å². The molecule has 16 heavy (non-hydrogen) atoms. The predicted octanol–water partition coefficient (Wildman–Crippen LogP) is 3.59. The Morgan fingerprint density at radius 3 is 2.44 bits per heavy atom. The first-order chi connectivity index (χ1) is 7.84. The average Bonchev–Trinajstić information content (AvgIpc) is 2.76. The van der Waals surface area contributed by atoms with Crippen LogP contribution in [-0.4, -0.2) is 13.1 Å². The first-order valence-electron chi connectivity index (χ1n) is 7.55. The van der Waals surface area contributed by atoms with E-state index in [-0.39, 0.29) is 0 Å². The van der Waals surface area contributed by atoms with Gasteiger partial charge in [0.05, 0.1) is 0 Å². The molecule has 0 aliphatic heterocycles. The Morgan fingerprint density at radius 1 is 1.12 bits per heavy atom. The van der Waals surface area contributed by atoms with E-state index in [4.69, 9.17) is 0 Å². The van der Waals surface area contributed by atoms with Crippen molar-refractivity contribution in [3.63, 3.8) is 0 Å². The van der Waals surface area contributed by atoms with E-state index in [0.717, 1.165) is 23.2 Å². The van der Waals surface area contributed by atoms with Crippen molar-refractivity contribution in [1.82, 2.24) is 5.32 Å². The smallest absolute Gasteiger partial charge is 0.00107 e. The lowest BCUT2D eigenvalue weighted by Gasteiger charge is -2.37. The molecule has 0 aromatic heterocycles. The largest absolute Gasteiger partial charge is 0.316 e. The number of hydrogen-bond acceptors (Lipinski definition) is 1. The zero-order valence-electron chi connectivity index (χ0n) is 10.8. The van der Waals surface area contributed by atoms with E-state index in [0.29, 0.717) is 0 Å². The van der Waals surface area contributed by atoms with Gasteiger partial charge in [0, 0.05) is 6.54 Å². The molecular formula is C15H27N. The molecule has 2 unspecified atom stereocenters. The van der Waals surface area contributed by atoms with Gasteiger partial charge in [-0.15, -0.1) is 0 Å². The Morgan fingerprint density at radius 2 is 1.81 bits per heavy atom. The molecule has 0 amide bonds. The van der Waals surface area contributed by atoms with Crippen LogP contribution in [0.25, 0.3) is 0 Å². The Kier molecular flexibility index (Phi) is 2.99. The second kappa shape index (κ2) is 4.33. The van der Waals surface area contributed by atoms with Crippen molar-refractivity contribution in [2.45, 2.75) is 58.3 Å². The first-order valence-corrected chi connectivity index (χ1v) is 7.55. The van der Waals surface area contributed by atoms with E-state index < -0.39 is 0 Å². The molecule has 0 spiro atoms. The summed E-state index contributed by atoms with van der Waals surface area (Å²) in [5, 5.41) is 3.74. The molecule has 0 heterocycles. The fourth-order valence-electron chi connectivity index (χ4n) is 4.61. The van der Waals surface area contributed by atoms with Crippen molar-refractivity contribution >= 4 is 0 Å². The van der Waals surface area contributed by atoms with Gasteiger partial charge in [-0.3, -0.25) is 0 Å². The molecular weight excluding hydrogens is 194 g/mol. The maximum Gasteiger partial charge on any atom is 0.00107 e. The highest BCUT2D eigenvalue weighted by Gasteiger charge is 2.56. The summed E-state index contributed by atoms with van der Waals surface area (Å²) in [4.78, 5) is 0. The molecule has 1 nitrogen and oxygen atoms in total. The summed E-state index contributed by atoms with van der Waals surface area (Å²) < 4.78 is 0. The summed E-state index contributed by atoms with van der Waals surface area (Å²) in [6.45, 7) is 4.84. The van der Waals surface area contributed by atoms with E-state index in [1.165, 1.54) is 45.2 Å². The molecule has 0 aromatic rings. The molecule has 92 valence electrons. The van der Waals surface area contributed by atoms with E-state index >= 15 is 0 Å². The molecule has 0 radical (unpaired) electrons. The Hall–Kier alpha value is -0.0400. The van der Waals surface area contributed by atoms with Crippen LogP contribution in [0.2, 0.25) is 0 Å². The molecule has 3 rings (SSSR count). The molecule has 3 aliphatic rings. The zero-order valence-corrected chi connectivity index (χ0v) is 10.8. The lowest BCUT2D eigenvalue weighted by molar-refractivity contribution is 0.144. The van der Waals surface area contributed by atoms with Crippen LogP contribution in [0.5, 0.6) is 0 Å². The second-order valence-corrected chi connectivity index (χ2v) is 6.68. The van der Waals surface area contributed by atoms with Gasteiger partial charge < -0.3 is 5.32 Å². The third-order valence-corrected chi connectivity index (χ3v) is 5.53. The SMILES string of the molecule is CCCNCC1(C2CCCC2)CC2CC2C1. The summed E-state index contributed by atoms with van der Waals surface area (Å²) in [7, 11) is 0. The van der Waals surface area contributed by atoms with Gasteiger partial charge in [-0.2, -0.15) is 0 Å². The van der Waals surface area contributed by atoms with Gasteiger partial charge in [0.1, 0.15) is 0 Å². The average molecular weight is 221 g/mol. The molecule has 1 N–H and O–H groups in total. The van der Waals surface area contributed by atoms with Crippen molar-refractivity contribution < 1.29 is 0 Å². The van der Waals surface area contributed by atoms with Crippen LogP contribution in [0, 0.1) is 23.2 Å². The normalized spacial score (nSPS) is 42.6. The number of fused-ring (bicyclic) bond motifs is 1. The summed E-state index contributed by atoms with van der Waals surface area (Å²) in [5.41, 5.74) is 0.735. The maximum atomic E-state index is 3.74. The third kappa shape index (κ3) is 1.92. The zero-order chi connectivity index (χ0) is 11.0. The molecule has 0 aromatic carbocycles. The first kappa shape index (κ1) is 11.1. The molecule has 0 saturated heterocycles. The van der Waals surface area contributed by atoms with Crippen molar-refractivity contribution in [2.24, 2.45) is 23.2 Å². The van der Waals surface area contributed by atoms with E-state index in [9.17, 15) is 0 Å². The van der Waals surface area contributed by atoms with Gasteiger partial charge >= 0.3 is 0 Å². The predicted molar refractivity (Wildman–Crippen MR) is 68.4 cm³/mol. The molecule has 1 heteroatoms. The topological polar surface area (TPSA) is 12.0 Å². The van der Waals surface area contributed by atoms with Crippen molar-refractivity contribution in [3.05, 3.63) is 0 Å². The van der Waals surface area contributed by atoms with Crippen molar-refractivity contribution in [1.29, 1.82) is 0 Å². The summed E-state index contributed by atoms with van der Waals surface area (Å²) in [6, 6.07) is 0. The van der Waals surface area contributed by atoms with Crippen molar-refractivity contribution in [3.8, 4) is 0 Å². The summed E-state index contributed by atoms with van der Waals surface area (Å²) in [6.07, 6.45) is 12.1. The summed E-state index contributed by atoms with van der Waals surface area (Å²) >= 11 is 0. The highest BCUT2D eigenvalue weighted by Crippen LogP contribution is 2.64. The maximum absolute atomic E-state index is 3.74. The minimum Gasteiger partial charge on any atom is -0.316 e. The van der Waals surface area contributed by atoms with Gasteiger partial charge in [-0.25, -0.2) is 0 Å². The number of nitrogens with one attached hydrogen (secondary N) is 1. The molecule has 0 bridgehead atoms. The second-order valence-electron chi connectivity index (χ2n) is 6.68. The van der Waals surface area contributed by atoms with Crippen LogP contribution in [-0.2, 0) is 0 Å². The lowest BCUT2D eigenvalue weighted by Crippen LogP contribution is -2.39. The highest BCUT2D eigenvalue weighted by atomic mass is 14.9. The van der Waals surface area contributed by atoms with Crippen LogP contribution in [0.4, 0.5) is 0 Å². The van der Waals surface area contributed by atoms with Crippen LogP contribution < -0.4 is 5.32 Å². The fourth-order valence-corrected chi connectivity index (χ4v) is 4.61. The highest BCUT2D eigenvalue weighted by molar-refractivity contribution is 5.07. The monoisotopic (exact) mass is 221 g/mol. The van der Waals surface area contributed by atoms with Crippen LogP contribution >= 0.6 is 0 Å². The Bertz CT molecular complexity index is 232.